The number of rotatable bonds is 5. The van der Waals surface area contributed by atoms with Gasteiger partial charge in [0.25, 0.3) is 0 Å². The maximum atomic E-state index is 13.0. The van der Waals surface area contributed by atoms with Crippen molar-refractivity contribution in [2.75, 3.05) is 20.2 Å². The molecule has 1 aromatic carbocycles. The number of ether oxygens (including phenoxy) is 1. The van der Waals surface area contributed by atoms with Gasteiger partial charge in [-0.2, -0.15) is 0 Å². The van der Waals surface area contributed by atoms with Gasteiger partial charge in [-0.3, -0.25) is 4.79 Å². The van der Waals surface area contributed by atoms with Gasteiger partial charge in [-0.05, 0) is 25.0 Å². The average Bonchev–Trinajstić information content (AvgIpc) is 2.47. The SMILES string of the molecule is CN(CCOc1cccc(F)c1)C(=O)C1(N)CCCCC1. The first-order valence-electron chi connectivity index (χ1n) is 7.44. The highest BCUT2D eigenvalue weighted by atomic mass is 19.1. The zero-order valence-corrected chi connectivity index (χ0v) is 12.5. The third-order valence-electron chi connectivity index (χ3n) is 4.01. The van der Waals surface area contributed by atoms with E-state index in [-0.39, 0.29) is 11.7 Å². The molecule has 2 rings (SSSR count). The normalized spacial score (nSPS) is 17.3. The Hall–Kier alpha value is -1.62. The van der Waals surface area contributed by atoms with Crippen molar-refractivity contribution in [3.05, 3.63) is 30.1 Å². The smallest absolute Gasteiger partial charge is 0.242 e. The Balaban J connectivity index is 1.81. The molecule has 5 heteroatoms. The van der Waals surface area contributed by atoms with E-state index in [2.05, 4.69) is 0 Å². The van der Waals surface area contributed by atoms with Crippen LogP contribution in [-0.2, 0) is 4.79 Å². The van der Waals surface area contributed by atoms with Crippen LogP contribution in [0.25, 0.3) is 0 Å². The van der Waals surface area contributed by atoms with Crippen LogP contribution in [0.1, 0.15) is 32.1 Å². The fourth-order valence-corrected chi connectivity index (χ4v) is 2.74. The number of halogens is 1. The lowest BCUT2D eigenvalue weighted by atomic mass is 9.81. The Morgan fingerprint density at radius 2 is 2.10 bits per heavy atom. The summed E-state index contributed by atoms with van der Waals surface area (Å²) in [6.45, 7) is 0.760. The topological polar surface area (TPSA) is 55.6 Å². The van der Waals surface area contributed by atoms with Gasteiger partial charge in [0, 0.05) is 13.1 Å². The fraction of sp³-hybridized carbons (Fsp3) is 0.562. The van der Waals surface area contributed by atoms with E-state index in [0.29, 0.717) is 18.9 Å². The van der Waals surface area contributed by atoms with Crippen LogP contribution in [0.3, 0.4) is 0 Å². The number of hydrogen-bond acceptors (Lipinski definition) is 3. The molecule has 0 aromatic heterocycles. The Kier molecular flexibility index (Phi) is 5.17. The average molecular weight is 294 g/mol. The van der Waals surface area contributed by atoms with Gasteiger partial charge >= 0.3 is 0 Å². The number of benzene rings is 1. The van der Waals surface area contributed by atoms with Crippen molar-refractivity contribution in [1.82, 2.24) is 4.90 Å². The minimum absolute atomic E-state index is 0.0231. The summed E-state index contributed by atoms with van der Waals surface area (Å²) in [5.41, 5.74) is 5.51. The van der Waals surface area contributed by atoms with Gasteiger partial charge in [0.1, 0.15) is 18.2 Å². The summed E-state index contributed by atoms with van der Waals surface area (Å²) in [5, 5.41) is 0. The summed E-state index contributed by atoms with van der Waals surface area (Å²) in [6.07, 6.45) is 4.67. The van der Waals surface area contributed by atoms with Gasteiger partial charge < -0.3 is 15.4 Å². The Morgan fingerprint density at radius 3 is 2.76 bits per heavy atom. The van der Waals surface area contributed by atoms with Crippen LogP contribution in [0, 0.1) is 5.82 Å². The minimum Gasteiger partial charge on any atom is -0.492 e. The van der Waals surface area contributed by atoms with E-state index >= 15 is 0 Å². The molecule has 0 radical (unpaired) electrons. The lowest BCUT2D eigenvalue weighted by Gasteiger charge is -2.35. The predicted molar refractivity (Wildman–Crippen MR) is 79.5 cm³/mol. The molecular weight excluding hydrogens is 271 g/mol. The standard InChI is InChI=1S/C16H23FN2O2/c1-19(15(20)16(18)8-3-2-4-9-16)10-11-21-14-7-5-6-13(17)12-14/h5-7,12H,2-4,8-11,18H2,1H3. The van der Waals surface area contributed by atoms with Crippen LogP contribution >= 0.6 is 0 Å². The van der Waals surface area contributed by atoms with Gasteiger partial charge in [-0.25, -0.2) is 4.39 Å². The number of amides is 1. The zero-order chi connectivity index (χ0) is 15.3. The van der Waals surface area contributed by atoms with E-state index in [9.17, 15) is 9.18 Å². The quantitative estimate of drug-likeness (QED) is 0.906. The second-order valence-corrected chi connectivity index (χ2v) is 5.75. The third-order valence-corrected chi connectivity index (χ3v) is 4.01. The molecule has 1 saturated carbocycles. The molecule has 0 spiro atoms. The number of nitrogens with zero attached hydrogens (tertiary/aromatic N) is 1. The van der Waals surface area contributed by atoms with E-state index < -0.39 is 5.54 Å². The third kappa shape index (κ3) is 4.17. The van der Waals surface area contributed by atoms with Crippen LogP contribution in [0.4, 0.5) is 4.39 Å². The molecule has 1 fully saturated rings. The maximum absolute atomic E-state index is 13.0. The lowest BCUT2D eigenvalue weighted by Crippen LogP contribution is -2.55. The number of hydrogen-bond donors (Lipinski definition) is 1. The van der Waals surface area contributed by atoms with Crippen molar-refractivity contribution in [2.45, 2.75) is 37.6 Å². The Bertz CT molecular complexity index is 487. The van der Waals surface area contributed by atoms with E-state index in [0.717, 1.165) is 32.1 Å². The summed E-state index contributed by atoms with van der Waals surface area (Å²) in [7, 11) is 1.74. The van der Waals surface area contributed by atoms with E-state index in [1.165, 1.54) is 12.1 Å². The maximum Gasteiger partial charge on any atom is 0.242 e. The van der Waals surface area contributed by atoms with Gasteiger partial charge in [0.15, 0.2) is 0 Å². The molecule has 0 atom stereocenters. The highest BCUT2D eigenvalue weighted by Gasteiger charge is 2.37. The molecule has 116 valence electrons. The van der Waals surface area contributed by atoms with Crippen LogP contribution in [-0.4, -0.2) is 36.5 Å². The molecule has 0 aliphatic heterocycles. The van der Waals surface area contributed by atoms with Gasteiger partial charge in [0.2, 0.25) is 5.91 Å². The molecule has 0 unspecified atom stereocenters. The molecular formula is C16H23FN2O2. The first kappa shape index (κ1) is 15.8. The molecule has 0 heterocycles. The zero-order valence-electron chi connectivity index (χ0n) is 12.5. The summed E-state index contributed by atoms with van der Waals surface area (Å²) in [4.78, 5) is 14.0. The van der Waals surface area contributed by atoms with E-state index in [1.807, 2.05) is 0 Å². The Morgan fingerprint density at radius 1 is 1.38 bits per heavy atom. The summed E-state index contributed by atoms with van der Waals surface area (Å²) in [5.74, 6) is 0.112. The van der Waals surface area contributed by atoms with Gasteiger partial charge in [-0.1, -0.05) is 25.3 Å². The second-order valence-electron chi connectivity index (χ2n) is 5.75. The lowest BCUT2D eigenvalue weighted by molar-refractivity contribution is -0.137. The highest BCUT2D eigenvalue weighted by molar-refractivity contribution is 5.86. The molecule has 1 aliphatic carbocycles. The molecule has 1 amide bonds. The van der Waals surface area contributed by atoms with Crippen LogP contribution in [0.15, 0.2) is 24.3 Å². The van der Waals surface area contributed by atoms with Gasteiger partial charge in [0.05, 0.1) is 12.1 Å². The second kappa shape index (κ2) is 6.89. The fourth-order valence-electron chi connectivity index (χ4n) is 2.74. The van der Waals surface area contributed by atoms with Crippen LogP contribution in [0.5, 0.6) is 5.75 Å². The van der Waals surface area contributed by atoms with Crippen molar-refractivity contribution < 1.29 is 13.9 Å². The van der Waals surface area contributed by atoms with Crippen molar-refractivity contribution in [3.63, 3.8) is 0 Å². The van der Waals surface area contributed by atoms with Gasteiger partial charge in [-0.15, -0.1) is 0 Å². The van der Waals surface area contributed by atoms with E-state index in [1.54, 1.807) is 24.1 Å². The summed E-state index contributed by atoms with van der Waals surface area (Å²) in [6, 6.07) is 5.98. The summed E-state index contributed by atoms with van der Waals surface area (Å²) < 4.78 is 18.5. The monoisotopic (exact) mass is 294 g/mol. The number of likely N-dealkylation sites (N-methyl/N-ethyl adjacent to an activating group) is 1. The minimum atomic E-state index is -0.716. The van der Waals surface area contributed by atoms with Crippen molar-refractivity contribution >= 4 is 5.91 Å². The van der Waals surface area contributed by atoms with E-state index in [4.69, 9.17) is 10.5 Å². The first-order valence-corrected chi connectivity index (χ1v) is 7.44. The molecule has 2 N–H and O–H groups in total. The van der Waals surface area contributed by atoms with Crippen molar-refractivity contribution in [2.24, 2.45) is 5.73 Å². The highest BCUT2D eigenvalue weighted by Crippen LogP contribution is 2.27. The number of carbonyl (C=O) groups is 1. The first-order chi connectivity index (χ1) is 10.0. The molecule has 0 bridgehead atoms. The van der Waals surface area contributed by atoms with Crippen molar-refractivity contribution in [1.29, 1.82) is 0 Å². The van der Waals surface area contributed by atoms with Crippen LogP contribution in [0.2, 0.25) is 0 Å². The largest absolute Gasteiger partial charge is 0.492 e. The predicted octanol–water partition coefficient (Wildman–Crippen LogP) is 2.32. The molecule has 4 nitrogen and oxygen atoms in total. The Labute approximate surface area is 125 Å². The van der Waals surface area contributed by atoms with Crippen molar-refractivity contribution in [3.8, 4) is 5.75 Å². The number of nitrogens with two attached hydrogens (primary N) is 1. The molecule has 1 aliphatic rings. The molecule has 0 saturated heterocycles. The van der Waals surface area contributed by atoms with Crippen LogP contribution < -0.4 is 10.5 Å². The molecule has 1 aromatic rings. The summed E-state index contributed by atoms with van der Waals surface area (Å²) >= 11 is 0. The molecule has 21 heavy (non-hydrogen) atoms. The number of carbonyl (C=O) groups excluding carboxylic acids is 1.